The summed E-state index contributed by atoms with van der Waals surface area (Å²) in [7, 11) is 0. The van der Waals surface area contributed by atoms with Crippen LogP contribution >= 0.6 is 0 Å². The summed E-state index contributed by atoms with van der Waals surface area (Å²) in [6.07, 6.45) is 3.36. The van der Waals surface area contributed by atoms with Crippen LogP contribution in [0.3, 0.4) is 0 Å². The van der Waals surface area contributed by atoms with Gasteiger partial charge in [-0.05, 0) is 44.9 Å². The van der Waals surface area contributed by atoms with Crippen LogP contribution < -0.4 is 5.32 Å². The van der Waals surface area contributed by atoms with Gasteiger partial charge in [0.25, 0.3) is 5.91 Å². The molecule has 0 spiro atoms. The van der Waals surface area contributed by atoms with Crippen LogP contribution in [0, 0.1) is 17.2 Å². The minimum absolute atomic E-state index is 0.000310. The van der Waals surface area contributed by atoms with Gasteiger partial charge in [-0.15, -0.1) is 0 Å². The van der Waals surface area contributed by atoms with Gasteiger partial charge >= 0.3 is 0 Å². The molecule has 1 heterocycles. The second-order valence-corrected chi connectivity index (χ2v) is 7.33. The second-order valence-electron chi connectivity index (χ2n) is 7.33. The number of carbonyl (C=O) groups excluding carboxylic acids is 2. The minimum Gasteiger partial charge on any atom is -0.383 e. The molecule has 2 rings (SSSR count). The molecular weight excluding hydrogens is 318 g/mol. The van der Waals surface area contributed by atoms with Crippen LogP contribution in [0.1, 0.15) is 59.3 Å². The van der Waals surface area contributed by atoms with Crippen LogP contribution in [-0.2, 0) is 9.59 Å². The summed E-state index contributed by atoms with van der Waals surface area (Å²) in [6.45, 7) is 6.34. The molecule has 1 saturated heterocycles. The predicted octanol–water partition coefficient (Wildman–Crippen LogP) is 1.89. The topological polar surface area (TPSA) is 93.4 Å². The number of hydrogen-bond donors (Lipinski definition) is 2. The fourth-order valence-electron chi connectivity index (χ4n) is 3.65. The van der Waals surface area contributed by atoms with E-state index in [2.05, 4.69) is 11.4 Å². The molecule has 25 heavy (non-hydrogen) atoms. The fourth-order valence-corrected chi connectivity index (χ4v) is 3.65. The number of likely N-dealkylation sites (tertiary alicyclic amines) is 1. The van der Waals surface area contributed by atoms with Crippen LogP contribution in [0.4, 0.5) is 0 Å². The number of carbonyl (C=O) groups is 2. The van der Waals surface area contributed by atoms with Gasteiger partial charge in [0.05, 0.1) is 6.07 Å². The molecule has 0 aromatic rings. The maximum Gasteiger partial charge on any atom is 0.251 e. The maximum absolute atomic E-state index is 12.7. The first-order valence-electron chi connectivity index (χ1n) is 9.30. The first kappa shape index (κ1) is 19.5. The van der Waals surface area contributed by atoms with Gasteiger partial charge in [0.1, 0.15) is 6.10 Å². The molecule has 0 radical (unpaired) electrons. The molecule has 1 aliphatic carbocycles. The first-order valence-corrected chi connectivity index (χ1v) is 9.30. The summed E-state index contributed by atoms with van der Waals surface area (Å²) in [5.74, 6) is -0.416. The van der Waals surface area contributed by atoms with Crippen LogP contribution in [-0.4, -0.2) is 46.6 Å². The molecule has 4 atom stereocenters. The molecule has 6 nitrogen and oxygen atoms in total. The highest BCUT2D eigenvalue weighted by molar-refractivity contribution is 5.95. The van der Waals surface area contributed by atoms with Crippen LogP contribution in [0.5, 0.6) is 0 Å². The zero-order valence-corrected chi connectivity index (χ0v) is 15.4. The van der Waals surface area contributed by atoms with Crippen LogP contribution in [0.15, 0.2) is 11.1 Å². The van der Waals surface area contributed by atoms with Crippen molar-refractivity contribution in [2.45, 2.75) is 77.5 Å². The Bertz CT molecular complexity index is 593. The number of rotatable bonds is 5. The van der Waals surface area contributed by atoms with E-state index in [4.69, 9.17) is 5.26 Å². The molecule has 0 bridgehead atoms. The number of nitrogens with zero attached hydrogens (tertiary/aromatic N) is 2. The average Bonchev–Trinajstić information content (AvgIpc) is 3.08. The predicted molar refractivity (Wildman–Crippen MR) is 94.3 cm³/mol. The van der Waals surface area contributed by atoms with Gasteiger partial charge in [0.15, 0.2) is 0 Å². The molecule has 6 heteroatoms. The van der Waals surface area contributed by atoms with Crippen molar-refractivity contribution in [1.82, 2.24) is 10.2 Å². The Morgan fingerprint density at radius 1 is 1.44 bits per heavy atom. The Hall–Kier alpha value is -1.87. The van der Waals surface area contributed by atoms with E-state index in [1.165, 1.54) is 0 Å². The standard InChI is InChI=1S/C19H29N3O3/c1-4-12(2)17(23)18(24)21-15-8-9-22(13(3)10-15)19(25)16-7-5-6-14(16)11-20/h12-13,15,17,23H,4-10H2,1-3H3,(H,21,24)/t12-,13-,15+,17+/m0/s1. The van der Waals surface area contributed by atoms with Gasteiger partial charge < -0.3 is 15.3 Å². The van der Waals surface area contributed by atoms with Crippen molar-refractivity contribution < 1.29 is 14.7 Å². The van der Waals surface area contributed by atoms with Gasteiger partial charge in [-0.25, -0.2) is 0 Å². The molecule has 0 aromatic carbocycles. The van der Waals surface area contributed by atoms with E-state index in [1.807, 2.05) is 25.7 Å². The van der Waals surface area contributed by atoms with Crippen molar-refractivity contribution >= 4 is 11.8 Å². The zero-order valence-electron chi connectivity index (χ0n) is 15.4. The lowest BCUT2D eigenvalue weighted by atomic mass is 9.95. The summed E-state index contributed by atoms with van der Waals surface area (Å²) in [5.41, 5.74) is 1.30. The lowest BCUT2D eigenvalue weighted by Gasteiger charge is -2.38. The number of nitriles is 1. The van der Waals surface area contributed by atoms with Crippen molar-refractivity contribution in [2.75, 3.05) is 6.54 Å². The number of piperidine rings is 1. The van der Waals surface area contributed by atoms with Gasteiger partial charge in [0, 0.05) is 29.8 Å². The van der Waals surface area contributed by atoms with E-state index in [1.54, 1.807) is 0 Å². The van der Waals surface area contributed by atoms with Crippen molar-refractivity contribution in [3.8, 4) is 6.07 Å². The molecule has 2 aliphatic rings. The summed E-state index contributed by atoms with van der Waals surface area (Å²) in [6, 6.07) is 2.13. The number of aliphatic hydroxyl groups excluding tert-OH is 1. The largest absolute Gasteiger partial charge is 0.383 e. The van der Waals surface area contributed by atoms with E-state index in [-0.39, 0.29) is 29.8 Å². The van der Waals surface area contributed by atoms with Gasteiger partial charge in [-0.1, -0.05) is 20.3 Å². The lowest BCUT2D eigenvalue weighted by molar-refractivity contribution is -0.134. The van der Waals surface area contributed by atoms with Crippen LogP contribution in [0.2, 0.25) is 0 Å². The highest BCUT2D eigenvalue weighted by Crippen LogP contribution is 2.29. The van der Waals surface area contributed by atoms with Crippen molar-refractivity contribution in [3.63, 3.8) is 0 Å². The van der Waals surface area contributed by atoms with Crippen molar-refractivity contribution in [2.24, 2.45) is 5.92 Å². The highest BCUT2D eigenvalue weighted by Gasteiger charge is 2.34. The van der Waals surface area contributed by atoms with Crippen LogP contribution in [0.25, 0.3) is 0 Å². The number of hydrogen-bond acceptors (Lipinski definition) is 4. The number of allylic oxidation sites excluding steroid dienone is 1. The Balaban J connectivity index is 1.93. The fraction of sp³-hybridized carbons (Fsp3) is 0.737. The molecule has 0 aromatic heterocycles. The lowest BCUT2D eigenvalue weighted by Crippen LogP contribution is -2.53. The molecule has 0 unspecified atom stereocenters. The third kappa shape index (κ3) is 4.40. The number of amides is 2. The molecule has 138 valence electrons. The van der Waals surface area contributed by atoms with Crippen molar-refractivity contribution in [3.05, 3.63) is 11.1 Å². The number of nitrogens with one attached hydrogen (secondary N) is 1. The van der Waals surface area contributed by atoms with Crippen molar-refractivity contribution in [1.29, 1.82) is 5.26 Å². The second kappa shape index (κ2) is 8.48. The zero-order chi connectivity index (χ0) is 18.6. The van der Waals surface area contributed by atoms with E-state index in [9.17, 15) is 14.7 Å². The summed E-state index contributed by atoms with van der Waals surface area (Å²) < 4.78 is 0. The van der Waals surface area contributed by atoms with E-state index in [0.717, 1.165) is 12.8 Å². The average molecular weight is 347 g/mol. The maximum atomic E-state index is 12.7. The van der Waals surface area contributed by atoms with E-state index < -0.39 is 6.10 Å². The molecule has 0 saturated carbocycles. The first-order chi connectivity index (χ1) is 11.9. The molecule has 1 aliphatic heterocycles. The smallest absolute Gasteiger partial charge is 0.251 e. The van der Waals surface area contributed by atoms with E-state index >= 15 is 0 Å². The molecular formula is C19H29N3O3. The third-order valence-corrected chi connectivity index (χ3v) is 5.55. The third-order valence-electron chi connectivity index (χ3n) is 5.55. The quantitative estimate of drug-likeness (QED) is 0.794. The van der Waals surface area contributed by atoms with Gasteiger partial charge in [-0.3, -0.25) is 9.59 Å². The Labute approximate surface area is 149 Å². The number of aliphatic hydroxyl groups is 1. The highest BCUT2D eigenvalue weighted by atomic mass is 16.3. The summed E-state index contributed by atoms with van der Waals surface area (Å²) in [4.78, 5) is 26.7. The Morgan fingerprint density at radius 2 is 2.16 bits per heavy atom. The molecule has 1 fully saturated rings. The molecule has 2 amide bonds. The monoisotopic (exact) mass is 347 g/mol. The Morgan fingerprint density at radius 3 is 2.76 bits per heavy atom. The van der Waals surface area contributed by atoms with Gasteiger partial charge in [-0.2, -0.15) is 5.26 Å². The summed E-state index contributed by atoms with van der Waals surface area (Å²) in [5, 5.41) is 22.1. The van der Waals surface area contributed by atoms with E-state index in [0.29, 0.717) is 43.4 Å². The normalized spacial score (nSPS) is 26.1. The summed E-state index contributed by atoms with van der Waals surface area (Å²) >= 11 is 0. The minimum atomic E-state index is -0.984. The van der Waals surface area contributed by atoms with Gasteiger partial charge in [0.2, 0.25) is 5.91 Å². The Kier molecular flexibility index (Phi) is 6.60. The SMILES string of the molecule is CC[C@H](C)[C@@H](O)C(=O)N[C@@H]1CCN(C(=O)C2=C(C#N)CCC2)[C@@H](C)C1. The molecule has 2 N–H and O–H groups in total.